The number of carbonyl (C=O) groups is 2. The molecule has 0 saturated heterocycles. The van der Waals surface area contributed by atoms with E-state index < -0.39 is 11.9 Å². The highest BCUT2D eigenvalue weighted by Crippen LogP contribution is 2.40. The van der Waals surface area contributed by atoms with Gasteiger partial charge >= 0.3 is 6.03 Å². The Bertz CT molecular complexity index is 763. The summed E-state index contributed by atoms with van der Waals surface area (Å²) in [4.78, 5) is 27.6. The number of aromatic nitrogens is 4. The minimum absolute atomic E-state index is 0.0790. The lowest BCUT2D eigenvalue weighted by Crippen LogP contribution is -2.41. The van der Waals surface area contributed by atoms with Gasteiger partial charge in [-0.05, 0) is 25.0 Å². The Morgan fingerprint density at radius 3 is 2.92 bits per heavy atom. The van der Waals surface area contributed by atoms with Crippen molar-refractivity contribution in [1.82, 2.24) is 30.4 Å². The molecule has 2 aromatic heterocycles. The van der Waals surface area contributed by atoms with Crippen LogP contribution < -0.4 is 10.6 Å². The van der Waals surface area contributed by atoms with Crippen LogP contribution in [0.25, 0.3) is 11.4 Å². The molecule has 10 heteroatoms. The second-order valence-electron chi connectivity index (χ2n) is 5.73. The lowest BCUT2D eigenvalue weighted by molar-refractivity contribution is -0.117. The summed E-state index contributed by atoms with van der Waals surface area (Å²) in [5.41, 5.74) is 0.890. The molecule has 0 unspecified atom stereocenters. The summed E-state index contributed by atoms with van der Waals surface area (Å²) in [6.45, 7) is 0.727. The first-order chi connectivity index (χ1) is 12.7. The molecular formula is C16H20N6O3S. The smallest absolute Gasteiger partial charge is 0.321 e. The molecule has 1 fully saturated rings. The highest BCUT2D eigenvalue weighted by Gasteiger charge is 2.30. The van der Waals surface area contributed by atoms with E-state index in [0.717, 1.165) is 24.2 Å². The molecule has 26 heavy (non-hydrogen) atoms. The lowest BCUT2D eigenvalue weighted by atomic mass is 10.3. The van der Waals surface area contributed by atoms with Gasteiger partial charge < -0.3 is 10.1 Å². The van der Waals surface area contributed by atoms with Crippen molar-refractivity contribution in [2.75, 3.05) is 26.0 Å². The summed E-state index contributed by atoms with van der Waals surface area (Å²) in [6.07, 6.45) is 5.58. The highest BCUT2D eigenvalue weighted by molar-refractivity contribution is 7.99. The van der Waals surface area contributed by atoms with Crippen molar-refractivity contribution in [2.45, 2.75) is 24.0 Å². The summed E-state index contributed by atoms with van der Waals surface area (Å²) in [5.74, 6) is 0.439. The van der Waals surface area contributed by atoms with Gasteiger partial charge in [0.1, 0.15) is 0 Å². The van der Waals surface area contributed by atoms with Gasteiger partial charge in [-0.25, -0.2) is 4.79 Å². The standard InChI is InChI=1S/C16H20N6O3S/c1-25-8-7-18-15(24)19-13(23)10-26-16-21-20-14(22(16)12-4-5-12)11-3-2-6-17-9-11/h2-3,6,9,12H,4-5,7-8,10H2,1H3,(H2,18,19,23,24). The number of rotatable bonds is 8. The van der Waals surface area contributed by atoms with Crippen LogP contribution in [0.1, 0.15) is 18.9 Å². The van der Waals surface area contributed by atoms with E-state index in [0.29, 0.717) is 24.3 Å². The highest BCUT2D eigenvalue weighted by atomic mass is 32.2. The number of pyridine rings is 1. The van der Waals surface area contributed by atoms with Gasteiger partial charge in [0.05, 0.1) is 12.4 Å². The minimum atomic E-state index is -0.535. The van der Waals surface area contributed by atoms with Gasteiger partial charge in [-0.3, -0.25) is 19.7 Å². The van der Waals surface area contributed by atoms with Crippen LogP contribution in [0.2, 0.25) is 0 Å². The summed E-state index contributed by atoms with van der Waals surface area (Å²) in [7, 11) is 1.54. The van der Waals surface area contributed by atoms with Crippen molar-refractivity contribution >= 4 is 23.7 Å². The summed E-state index contributed by atoms with van der Waals surface area (Å²) >= 11 is 1.26. The van der Waals surface area contributed by atoms with Crippen molar-refractivity contribution in [3.63, 3.8) is 0 Å². The largest absolute Gasteiger partial charge is 0.383 e. The molecule has 9 nitrogen and oxygen atoms in total. The number of ether oxygens (including phenoxy) is 1. The summed E-state index contributed by atoms with van der Waals surface area (Å²) < 4.78 is 6.88. The number of amides is 3. The van der Waals surface area contributed by atoms with Crippen LogP contribution >= 0.6 is 11.8 Å². The molecule has 0 spiro atoms. The molecule has 1 aliphatic carbocycles. The van der Waals surface area contributed by atoms with E-state index in [4.69, 9.17) is 4.74 Å². The molecule has 1 aliphatic rings. The maximum absolute atomic E-state index is 11.9. The number of nitrogens with zero attached hydrogens (tertiary/aromatic N) is 4. The Labute approximate surface area is 154 Å². The van der Waals surface area contributed by atoms with E-state index in [1.54, 1.807) is 12.4 Å². The van der Waals surface area contributed by atoms with Gasteiger partial charge in [0.2, 0.25) is 5.91 Å². The maximum Gasteiger partial charge on any atom is 0.321 e. The zero-order valence-electron chi connectivity index (χ0n) is 14.3. The zero-order valence-corrected chi connectivity index (χ0v) is 15.2. The third-order valence-corrected chi connectivity index (χ3v) is 4.62. The second-order valence-corrected chi connectivity index (χ2v) is 6.68. The monoisotopic (exact) mass is 376 g/mol. The number of hydrogen-bond donors (Lipinski definition) is 2. The Balaban J connectivity index is 1.59. The average molecular weight is 376 g/mol. The van der Waals surface area contributed by atoms with Crippen molar-refractivity contribution in [3.05, 3.63) is 24.5 Å². The first kappa shape index (κ1) is 18.3. The molecule has 0 bridgehead atoms. The molecule has 0 aliphatic heterocycles. The number of imide groups is 1. The topological polar surface area (TPSA) is 111 Å². The number of urea groups is 1. The van der Waals surface area contributed by atoms with Crippen molar-refractivity contribution < 1.29 is 14.3 Å². The molecule has 3 amide bonds. The fourth-order valence-corrected chi connectivity index (χ4v) is 3.14. The molecule has 2 aromatic rings. The molecule has 1 saturated carbocycles. The van der Waals surface area contributed by atoms with Crippen molar-refractivity contribution in [1.29, 1.82) is 0 Å². The zero-order chi connectivity index (χ0) is 18.4. The van der Waals surface area contributed by atoms with Gasteiger partial charge in [-0.2, -0.15) is 0 Å². The first-order valence-electron chi connectivity index (χ1n) is 8.23. The number of carbonyl (C=O) groups excluding carboxylic acids is 2. The van der Waals surface area contributed by atoms with Crippen molar-refractivity contribution in [3.8, 4) is 11.4 Å². The van der Waals surface area contributed by atoms with Gasteiger partial charge in [0.15, 0.2) is 11.0 Å². The van der Waals surface area contributed by atoms with E-state index in [9.17, 15) is 9.59 Å². The molecule has 2 heterocycles. The molecule has 2 N–H and O–H groups in total. The van der Waals surface area contributed by atoms with Gasteiger partial charge in [0.25, 0.3) is 0 Å². The number of thioether (sulfide) groups is 1. The third kappa shape index (κ3) is 4.79. The van der Waals surface area contributed by atoms with Crippen LogP contribution in [0, 0.1) is 0 Å². The number of hydrogen-bond acceptors (Lipinski definition) is 7. The number of nitrogens with one attached hydrogen (secondary N) is 2. The van der Waals surface area contributed by atoms with Crippen LogP contribution in [-0.4, -0.2) is 57.7 Å². The SMILES string of the molecule is COCCNC(=O)NC(=O)CSc1nnc(-c2cccnc2)n1C1CC1. The summed E-state index contributed by atoms with van der Waals surface area (Å²) in [5, 5.41) is 14.0. The average Bonchev–Trinajstić information content (AvgIpc) is 3.40. The Kier molecular flexibility index (Phi) is 6.18. The quantitative estimate of drug-likeness (QED) is 0.527. The molecule has 0 aromatic carbocycles. The molecule has 3 rings (SSSR count). The van der Waals surface area contributed by atoms with Crippen LogP contribution in [0.3, 0.4) is 0 Å². The minimum Gasteiger partial charge on any atom is -0.383 e. The Morgan fingerprint density at radius 2 is 2.23 bits per heavy atom. The van der Waals surface area contributed by atoms with E-state index in [2.05, 4.69) is 25.8 Å². The van der Waals surface area contributed by atoms with Crippen molar-refractivity contribution in [2.24, 2.45) is 0 Å². The van der Waals surface area contributed by atoms with Crippen LogP contribution in [0.15, 0.2) is 29.7 Å². The second kappa shape index (κ2) is 8.77. The van der Waals surface area contributed by atoms with E-state index >= 15 is 0 Å². The maximum atomic E-state index is 11.9. The van der Waals surface area contributed by atoms with Crippen LogP contribution in [0.4, 0.5) is 4.79 Å². The molecular weight excluding hydrogens is 356 g/mol. The molecule has 0 atom stereocenters. The fourth-order valence-electron chi connectivity index (χ4n) is 2.33. The van der Waals surface area contributed by atoms with Gasteiger partial charge in [-0.15, -0.1) is 10.2 Å². The van der Waals surface area contributed by atoms with E-state index in [-0.39, 0.29) is 5.75 Å². The Morgan fingerprint density at radius 1 is 1.38 bits per heavy atom. The predicted octanol–water partition coefficient (Wildman–Crippen LogP) is 1.24. The van der Waals surface area contributed by atoms with Gasteiger partial charge in [0, 0.05) is 37.7 Å². The Hall–Kier alpha value is -2.46. The first-order valence-corrected chi connectivity index (χ1v) is 9.22. The lowest BCUT2D eigenvalue weighted by Gasteiger charge is -2.09. The predicted molar refractivity (Wildman–Crippen MR) is 95.7 cm³/mol. The fraction of sp³-hybridized carbons (Fsp3) is 0.438. The van der Waals surface area contributed by atoms with E-state index in [1.807, 2.05) is 16.7 Å². The molecule has 138 valence electrons. The van der Waals surface area contributed by atoms with Gasteiger partial charge in [-0.1, -0.05) is 11.8 Å². The normalized spacial score (nSPS) is 13.4. The molecule has 0 radical (unpaired) electrons. The number of methoxy groups -OCH3 is 1. The third-order valence-electron chi connectivity index (χ3n) is 3.67. The van der Waals surface area contributed by atoms with Crippen LogP contribution in [0.5, 0.6) is 0 Å². The van der Waals surface area contributed by atoms with Crippen LogP contribution in [-0.2, 0) is 9.53 Å². The summed E-state index contributed by atoms with van der Waals surface area (Å²) in [6, 6.07) is 3.60. The van der Waals surface area contributed by atoms with E-state index in [1.165, 1.54) is 18.9 Å².